The third-order valence-electron chi connectivity index (χ3n) is 5.08. The number of rotatable bonds is 8. The number of β-lactam (4-membered cyclic amide) rings is 1. The minimum absolute atomic E-state index is 0.00421. The highest BCUT2D eigenvalue weighted by molar-refractivity contribution is 8.01. The Morgan fingerprint density at radius 2 is 2.17 bits per heavy atom. The summed E-state index contributed by atoms with van der Waals surface area (Å²) in [5, 5.41) is 24.2. The number of aromatic nitrogens is 4. The van der Waals surface area contributed by atoms with E-state index in [1.54, 1.807) is 17.5 Å². The number of nitrogens with zero attached hydrogens (tertiary/aromatic N) is 5. The van der Waals surface area contributed by atoms with Crippen LogP contribution in [-0.2, 0) is 30.4 Å². The Morgan fingerprint density at radius 3 is 2.77 bits per heavy atom. The van der Waals surface area contributed by atoms with Crippen molar-refractivity contribution in [2.45, 2.75) is 23.2 Å². The number of thiophene rings is 1. The molecule has 1 fully saturated rings. The number of hydrogen-bond donors (Lipinski definition) is 2. The summed E-state index contributed by atoms with van der Waals surface area (Å²) in [7, 11) is 1.22. The monoisotopic (exact) mass is 556 g/mol. The van der Waals surface area contributed by atoms with E-state index in [9.17, 15) is 28.5 Å². The molecule has 35 heavy (non-hydrogen) atoms. The SMILES string of the molecule is CO[C@@]1(NC(=O)C(=S=O)c2cccs2)C(=O)N2C(C(=O)O)=C(CSc3nnnn3C(C)=O)CS[C@@H]21. The van der Waals surface area contributed by atoms with Gasteiger partial charge in [-0.15, -0.1) is 28.2 Å². The second kappa shape index (κ2) is 10.0. The third-order valence-corrected chi connectivity index (χ3v) is 9.05. The predicted molar refractivity (Wildman–Crippen MR) is 127 cm³/mol. The zero-order valence-corrected chi connectivity index (χ0v) is 21.3. The predicted octanol–water partition coefficient (Wildman–Crippen LogP) is -0.367. The molecule has 0 radical (unpaired) electrons. The number of carboxylic acid groups (broad SMARTS) is 1. The summed E-state index contributed by atoms with van der Waals surface area (Å²) in [4.78, 5) is 51.2. The number of tetrazole rings is 1. The van der Waals surface area contributed by atoms with Crippen molar-refractivity contribution in [1.82, 2.24) is 30.4 Å². The Bertz CT molecular complexity index is 1300. The molecule has 0 aromatic carbocycles. The van der Waals surface area contributed by atoms with Crippen molar-refractivity contribution in [3.05, 3.63) is 33.7 Å². The number of aliphatic carboxylic acids is 1. The topological polar surface area (TPSA) is 174 Å². The fourth-order valence-electron chi connectivity index (χ4n) is 3.50. The van der Waals surface area contributed by atoms with Crippen LogP contribution in [-0.4, -0.2) is 92.7 Å². The number of amides is 2. The molecule has 184 valence electrons. The quantitative estimate of drug-likeness (QED) is 0.108. The van der Waals surface area contributed by atoms with Gasteiger partial charge in [-0.1, -0.05) is 17.8 Å². The molecule has 4 rings (SSSR count). The van der Waals surface area contributed by atoms with Crippen LogP contribution in [0.4, 0.5) is 0 Å². The molecule has 2 aromatic heterocycles. The maximum atomic E-state index is 13.2. The molecule has 0 saturated carbocycles. The van der Waals surface area contributed by atoms with Crippen LogP contribution in [0.2, 0.25) is 0 Å². The lowest BCUT2D eigenvalue weighted by atomic mass is 9.98. The number of fused-ring (bicyclic) bond motifs is 1. The first-order valence-corrected chi connectivity index (χ1v) is 13.3. The molecule has 2 atom stereocenters. The van der Waals surface area contributed by atoms with Crippen LogP contribution in [0.5, 0.6) is 0 Å². The average Bonchev–Trinajstić information content (AvgIpc) is 3.53. The Labute approximate surface area is 213 Å². The molecule has 4 heterocycles. The number of thioether (sulfide) groups is 2. The van der Waals surface area contributed by atoms with Crippen LogP contribution in [0, 0.1) is 0 Å². The van der Waals surface area contributed by atoms with Gasteiger partial charge in [0.15, 0.2) is 0 Å². The fourth-order valence-corrected chi connectivity index (χ4v) is 7.17. The molecule has 2 aliphatic rings. The molecule has 13 nitrogen and oxygen atoms in total. The highest BCUT2D eigenvalue weighted by Crippen LogP contribution is 2.47. The molecule has 2 N–H and O–H groups in total. The highest BCUT2D eigenvalue weighted by atomic mass is 32.2. The van der Waals surface area contributed by atoms with Crippen molar-refractivity contribution in [2.24, 2.45) is 0 Å². The van der Waals surface area contributed by atoms with Crippen LogP contribution in [0.3, 0.4) is 0 Å². The fraction of sp³-hybridized carbons (Fsp3) is 0.333. The summed E-state index contributed by atoms with van der Waals surface area (Å²) in [6, 6.07) is 3.28. The third kappa shape index (κ3) is 4.33. The van der Waals surface area contributed by atoms with E-state index in [1.165, 1.54) is 37.1 Å². The lowest BCUT2D eigenvalue weighted by Crippen LogP contribution is -2.81. The summed E-state index contributed by atoms with van der Waals surface area (Å²) in [5.74, 6) is -3.00. The van der Waals surface area contributed by atoms with Gasteiger partial charge in [0.25, 0.3) is 17.5 Å². The van der Waals surface area contributed by atoms with Crippen LogP contribution in [0.15, 0.2) is 33.9 Å². The number of nitrogens with one attached hydrogen (secondary N) is 1. The molecule has 2 aliphatic heterocycles. The first-order chi connectivity index (χ1) is 16.7. The first-order valence-electron chi connectivity index (χ1n) is 9.66. The largest absolute Gasteiger partial charge is 0.477 e. The van der Waals surface area contributed by atoms with Crippen LogP contribution >= 0.6 is 34.9 Å². The number of carboxylic acids is 1. The van der Waals surface area contributed by atoms with Gasteiger partial charge in [0.05, 0.1) is 4.88 Å². The molecule has 2 aromatic rings. The molecule has 1 saturated heterocycles. The smallest absolute Gasteiger partial charge is 0.352 e. The number of ether oxygens (including phenoxy) is 1. The number of carbonyl (C=O) groups excluding carboxylic acids is 3. The van der Waals surface area contributed by atoms with Crippen molar-refractivity contribution in [1.29, 1.82) is 0 Å². The molecule has 0 bridgehead atoms. The van der Waals surface area contributed by atoms with Crippen molar-refractivity contribution in [2.75, 3.05) is 18.6 Å². The highest BCUT2D eigenvalue weighted by Gasteiger charge is 2.66. The molecule has 0 aliphatic carbocycles. The number of methoxy groups -OCH3 is 1. The average molecular weight is 557 g/mol. The van der Waals surface area contributed by atoms with Gasteiger partial charge < -0.3 is 15.2 Å². The lowest BCUT2D eigenvalue weighted by Gasteiger charge is -2.55. The molecule has 2 amide bonds. The molecule has 0 unspecified atom stereocenters. The lowest BCUT2D eigenvalue weighted by molar-refractivity contribution is -0.191. The van der Waals surface area contributed by atoms with E-state index >= 15 is 0 Å². The summed E-state index contributed by atoms with van der Waals surface area (Å²) < 4.78 is 18.0. The Hall–Kier alpha value is -2.86. The van der Waals surface area contributed by atoms with E-state index in [2.05, 4.69) is 20.8 Å². The second-order valence-electron chi connectivity index (χ2n) is 7.06. The van der Waals surface area contributed by atoms with E-state index < -0.39 is 34.8 Å². The van der Waals surface area contributed by atoms with Gasteiger partial charge in [0.2, 0.25) is 11.1 Å². The van der Waals surface area contributed by atoms with Gasteiger partial charge >= 0.3 is 5.97 Å². The Kier molecular flexibility index (Phi) is 7.22. The van der Waals surface area contributed by atoms with E-state index in [1.807, 2.05) is 0 Å². The first kappa shape index (κ1) is 25.2. The molecule has 0 spiro atoms. The van der Waals surface area contributed by atoms with Gasteiger partial charge in [0.1, 0.15) is 27.2 Å². The number of carbonyl (C=O) groups is 4. The van der Waals surface area contributed by atoms with Crippen molar-refractivity contribution in [3.8, 4) is 0 Å². The molecular formula is C18H16N6O7S4. The Morgan fingerprint density at radius 1 is 1.40 bits per heavy atom. The van der Waals surface area contributed by atoms with Crippen LogP contribution in [0.25, 0.3) is 0 Å². The van der Waals surface area contributed by atoms with Gasteiger partial charge in [-0.25, -0.2) is 9.00 Å². The normalized spacial score (nSPS) is 21.3. The van der Waals surface area contributed by atoms with Gasteiger partial charge in [-0.2, -0.15) is 4.68 Å². The summed E-state index contributed by atoms with van der Waals surface area (Å²) in [6.07, 6.45) is 0. The minimum atomic E-state index is -1.84. The zero-order valence-electron chi connectivity index (χ0n) is 18.0. The van der Waals surface area contributed by atoms with E-state index in [4.69, 9.17) is 4.74 Å². The van der Waals surface area contributed by atoms with E-state index in [0.717, 1.165) is 21.3 Å². The van der Waals surface area contributed by atoms with Gasteiger partial charge in [0, 0.05) is 25.5 Å². The summed E-state index contributed by atoms with van der Waals surface area (Å²) >= 11 is 3.44. The van der Waals surface area contributed by atoms with Crippen LogP contribution < -0.4 is 5.32 Å². The summed E-state index contributed by atoms with van der Waals surface area (Å²) in [5.41, 5.74) is -1.67. The number of hydrogen-bond acceptors (Lipinski definition) is 12. The van der Waals surface area contributed by atoms with Crippen molar-refractivity contribution >= 4 is 74.7 Å². The van der Waals surface area contributed by atoms with E-state index in [0.29, 0.717) is 10.5 Å². The maximum absolute atomic E-state index is 13.2. The Balaban J connectivity index is 1.58. The van der Waals surface area contributed by atoms with Gasteiger partial charge in [-0.05, 0) is 27.4 Å². The minimum Gasteiger partial charge on any atom is -0.477 e. The zero-order chi connectivity index (χ0) is 25.3. The molecule has 17 heteroatoms. The standard InChI is InChI=1S/C18H16N6O7S4/c1-8(25)24-17(20-21-22-24)34-7-9-6-33-16-18(31-2,15(29)23(16)11(9)14(27)28)19-13(26)12(35-30)10-4-3-5-32-10/h3-5,16H,6-7H2,1-2H3,(H,19,26)(H,27,28)/t16-,18+/m1/s1. The maximum Gasteiger partial charge on any atom is 0.352 e. The van der Waals surface area contributed by atoms with Crippen molar-refractivity contribution in [3.63, 3.8) is 0 Å². The van der Waals surface area contributed by atoms with E-state index in [-0.39, 0.29) is 38.5 Å². The summed E-state index contributed by atoms with van der Waals surface area (Å²) in [6.45, 7) is 1.29. The van der Waals surface area contributed by atoms with Crippen molar-refractivity contribution < 1.29 is 33.2 Å². The molecular weight excluding hydrogens is 541 g/mol. The second-order valence-corrected chi connectivity index (χ2v) is 10.6. The van der Waals surface area contributed by atoms with Crippen LogP contribution in [0.1, 0.15) is 16.6 Å². The van der Waals surface area contributed by atoms with Gasteiger partial charge in [-0.3, -0.25) is 19.3 Å².